The molecular weight excluding hydrogens is 218 g/mol. The highest BCUT2D eigenvalue weighted by atomic mass is 16.3. The molecule has 0 spiro atoms. The molecule has 1 rings (SSSR count). The summed E-state index contributed by atoms with van der Waals surface area (Å²) in [6, 6.07) is 9.12. The number of carbonyl (C=O) groups excluding carboxylic acids is 1. The minimum atomic E-state index is -1.32. The van der Waals surface area contributed by atoms with Crippen molar-refractivity contribution in [2.45, 2.75) is 12.5 Å². The van der Waals surface area contributed by atoms with Gasteiger partial charge in [0.25, 0.3) is 5.91 Å². The molecule has 0 bridgehead atoms. The lowest BCUT2D eigenvalue weighted by Crippen LogP contribution is -2.42. The van der Waals surface area contributed by atoms with Gasteiger partial charge in [0.15, 0.2) is 0 Å². The van der Waals surface area contributed by atoms with Crippen molar-refractivity contribution in [3.05, 3.63) is 35.9 Å². The van der Waals surface area contributed by atoms with Crippen LogP contribution in [0.5, 0.6) is 0 Å². The van der Waals surface area contributed by atoms with E-state index in [2.05, 4.69) is 17.2 Å². The maximum atomic E-state index is 11.3. The monoisotopic (exact) mass is 233 g/mol. The van der Waals surface area contributed by atoms with Crippen LogP contribution in [-0.2, 0) is 4.79 Å². The van der Waals surface area contributed by atoms with Crippen molar-refractivity contribution < 1.29 is 15.0 Å². The summed E-state index contributed by atoms with van der Waals surface area (Å²) in [5.74, 6) is 4.61. The van der Waals surface area contributed by atoms with E-state index in [-0.39, 0.29) is 6.54 Å². The quantitative estimate of drug-likeness (QED) is 0.638. The Bertz CT molecular complexity index is 429. The van der Waals surface area contributed by atoms with Crippen LogP contribution in [0.4, 0.5) is 0 Å². The molecule has 1 aromatic carbocycles. The summed E-state index contributed by atoms with van der Waals surface area (Å²) in [6.45, 7) is 0.975. The molecule has 0 aliphatic heterocycles. The number of hydrogen-bond acceptors (Lipinski definition) is 3. The van der Waals surface area contributed by atoms with Crippen molar-refractivity contribution in [2.24, 2.45) is 0 Å². The number of hydrogen-bond donors (Lipinski definition) is 3. The molecule has 1 atom stereocenters. The van der Waals surface area contributed by atoms with Crippen LogP contribution in [0.3, 0.4) is 0 Å². The van der Waals surface area contributed by atoms with Crippen LogP contribution in [0.15, 0.2) is 30.3 Å². The van der Waals surface area contributed by atoms with Gasteiger partial charge >= 0.3 is 0 Å². The molecule has 1 unspecified atom stereocenters. The molecule has 0 aliphatic rings. The largest absolute Gasteiger partial charge is 0.393 e. The number of carbonyl (C=O) groups is 1. The van der Waals surface area contributed by atoms with Crippen LogP contribution >= 0.6 is 0 Å². The molecule has 0 heterocycles. The fourth-order valence-corrected chi connectivity index (χ4v) is 1.02. The van der Waals surface area contributed by atoms with Crippen molar-refractivity contribution in [1.29, 1.82) is 0 Å². The molecule has 1 amide bonds. The van der Waals surface area contributed by atoms with E-state index in [0.717, 1.165) is 5.56 Å². The number of aliphatic hydroxyl groups excluding tert-OH is 1. The molecule has 90 valence electrons. The van der Waals surface area contributed by atoms with Crippen LogP contribution in [-0.4, -0.2) is 34.9 Å². The summed E-state index contributed by atoms with van der Waals surface area (Å²) in [5, 5.41) is 20.6. The van der Waals surface area contributed by atoms with Gasteiger partial charge in [0, 0.05) is 18.0 Å². The molecule has 0 aliphatic carbocycles. The molecule has 1 aromatic rings. The SMILES string of the molecule is CC(O)(CO)CNC(=O)C#Cc1ccccc1. The van der Waals surface area contributed by atoms with E-state index < -0.39 is 18.1 Å². The molecule has 0 saturated heterocycles. The minimum Gasteiger partial charge on any atom is -0.393 e. The first kappa shape index (κ1) is 13.2. The van der Waals surface area contributed by atoms with Crippen LogP contribution < -0.4 is 5.32 Å². The molecule has 0 aromatic heterocycles. The second-order valence-corrected chi connectivity index (χ2v) is 3.95. The predicted octanol–water partition coefficient (Wildman–Crippen LogP) is -0.102. The fraction of sp³-hybridized carbons (Fsp3) is 0.308. The maximum Gasteiger partial charge on any atom is 0.296 e. The lowest BCUT2D eigenvalue weighted by molar-refractivity contribution is -0.117. The Labute approximate surface area is 100 Å². The zero-order valence-electron chi connectivity index (χ0n) is 9.60. The highest BCUT2D eigenvalue weighted by Crippen LogP contribution is 1.98. The van der Waals surface area contributed by atoms with Crippen molar-refractivity contribution in [3.8, 4) is 11.8 Å². The van der Waals surface area contributed by atoms with Gasteiger partial charge < -0.3 is 15.5 Å². The van der Waals surface area contributed by atoms with E-state index in [1.807, 2.05) is 18.2 Å². The number of benzene rings is 1. The van der Waals surface area contributed by atoms with Crippen LogP contribution in [0.2, 0.25) is 0 Å². The smallest absolute Gasteiger partial charge is 0.296 e. The van der Waals surface area contributed by atoms with Crippen LogP contribution in [0.25, 0.3) is 0 Å². The van der Waals surface area contributed by atoms with E-state index in [4.69, 9.17) is 5.11 Å². The topological polar surface area (TPSA) is 69.6 Å². The van der Waals surface area contributed by atoms with Gasteiger partial charge in [-0.2, -0.15) is 0 Å². The van der Waals surface area contributed by atoms with Gasteiger partial charge in [-0.05, 0) is 19.1 Å². The van der Waals surface area contributed by atoms with E-state index in [9.17, 15) is 9.90 Å². The molecule has 17 heavy (non-hydrogen) atoms. The Kier molecular flexibility index (Phi) is 4.70. The normalized spacial score (nSPS) is 13.1. The third-order valence-corrected chi connectivity index (χ3v) is 2.06. The Morgan fingerprint density at radius 1 is 1.41 bits per heavy atom. The summed E-state index contributed by atoms with van der Waals surface area (Å²) in [5.41, 5.74) is -0.569. The maximum absolute atomic E-state index is 11.3. The van der Waals surface area contributed by atoms with Gasteiger partial charge in [-0.15, -0.1) is 0 Å². The first-order valence-electron chi connectivity index (χ1n) is 5.22. The highest BCUT2D eigenvalue weighted by molar-refractivity contribution is 5.94. The van der Waals surface area contributed by atoms with Gasteiger partial charge in [0.1, 0.15) is 5.60 Å². The summed E-state index contributed by atoms with van der Waals surface area (Å²) in [4.78, 5) is 11.3. The molecular formula is C13H15NO3. The molecule has 3 N–H and O–H groups in total. The van der Waals surface area contributed by atoms with Crippen LogP contribution in [0.1, 0.15) is 12.5 Å². The molecule has 4 heteroatoms. The molecule has 0 fully saturated rings. The first-order chi connectivity index (χ1) is 8.03. The Balaban J connectivity index is 2.49. The molecule has 4 nitrogen and oxygen atoms in total. The first-order valence-corrected chi connectivity index (χ1v) is 5.22. The summed E-state index contributed by atoms with van der Waals surface area (Å²) in [7, 11) is 0. The second kappa shape index (κ2) is 6.04. The Morgan fingerprint density at radius 3 is 2.65 bits per heavy atom. The summed E-state index contributed by atoms with van der Waals surface area (Å²) >= 11 is 0. The highest BCUT2D eigenvalue weighted by Gasteiger charge is 2.18. The molecule has 0 saturated carbocycles. The Hall–Kier alpha value is -1.83. The third kappa shape index (κ3) is 5.16. The predicted molar refractivity (Wildman–Crippen MR) is 64.0 cm³/mol. The van der Waals surface area contributed by atoms with Crippen molar-refractivity contribution in [3.63, 3.8) is 0 Å². The molecule has 0 radical (unpaired) electrons. The average Bonchev–Trinajstić information content (AvgIpc) is 2.35. The van der Waals surface area contributed by atoms with Gasteiger partial charge in [-0.3, -0.25) is 4.79 Å². The van der Waals surface area contributed by atoms with Crippen molar-refractivity contribution in [2.75, 3.05) is 13.2 Å². The zero-order chi connectivity index (χ0) is 12.7. The number of aliphatic hydroxyl groups is 2. The Morgan fingerprint density at radius 2 is 2.06 bits per heavy atom. The van der Waals surface area contributed by atoms with Crippen molar-refractivity contribution >= 4 is 5.91 Å². The minimum absolute atomic E-state index is 0.0359. The van der Waals surface area contributed by atoms with E-state index in [1.54, 1.807) is 12.1 Å². The zero-order valence-corrected chi connectivity index (χ0v) is 9.60. The van der Waals surface area contributed by atoms with E-state index in [0.29, 0.717) is 0 Å². The summed E-state index contributed by atoms with van der Waals surface area (Å²) < 4.78 is 0. The standard InChI is InChI=1S/C13H15NO3/c1-13(17,10-15)9-14-12(16)8-7-11-5-3-2-4-6-11/h2-6,15,17H,9-10H2,1H3,(H,14,16). The number of nitrogens with one attached hydrogen (secondary N) is 1. The lowest BCUT2D eigenvalue weighted by Gasteiger charge is -2.19. The van der Waals surface area contributed by atoms with Gasteiger partial charge in [-0.1, -0.05) is 24.1 Å². The number of rotatable bonds is 3. The average molecular weight is 233 g/mol. The fourth-order valence-electron chi connectivity index (χ4n) is 1.02. The van der Waals surface area contributed by atoms with Crippen molar-refractivity contribution in [1.82, 2.24) is 5.32 Å². The van der Waals surface area contributed by atoms with E-state index in [1.165, 1.54) is 6.92 Å². The number of amides is 1. The summed E-state index contributed by atoms with van der Waals surface area (Å²) in [6.07, 6.45) is 0. The third-order valence-electron chi connectivity index (χ3n) is 2.06. The van der Waals surface area contributed by atoms with Gasteiger partial charge in [0.05, 0.1) is 6.61 Å². The lowest BCUT2D eigenvalue weighted by atomic mass is 10.1. The second-order valence-electron chi connectivity index (χ2n) is 3.95. The van der Waals surface area contributed by atoms with Gasteiger partial charge in [-0.25, -0.2) is 0 Å². The van der Waals surface area contributed by atoms with Gasteiger partial charge in [0.2, 0.25) is 0 Å². The van der Waals surface area contributed by atoms with E-state index >= 15 is 0 Å². The van der Waals surface area contributed by atoms with Crippen LogP contribution in [0, 0.1) is 11.8 Å².